The first-order chi connectivity index (χ1) is 13.6. The summed E-state index contributed by atoms with van der Waals surface area (Å²) in [7, 11) is 0. The lowest BCUT2D eigenvalue weighted by Crippen LogP contribution is -2.65. The molecule has 0 bridgehead atoms. The summed E-state index contributed by atoms with van der Waals surface area (Å²) in [5, 5.41) is 22.2. The Bertz CT molecular complexity index is 848. The third-order valence-electron chi connectivity index (χ3n) is 7.86. The minimum absolute atomic E-state index is 0.0864. The number of nitro groups is 2. The Morgan fingerprint density at radius 1 is 1.03 bits per heavy atom. The molecule has 0 saturated heterocycles. The van der Waals surface area contributed by atoms with E-state index in [-0.39, 0.29) is 23.0 Å². The summed E-state index contributed by atoms with van der Waals surface area (Å²) >= 11 is 0. The number of rotatable bonds is 4. The van der Waals surface area contributed by atoms with E-state index in [0.29, 0.717) is 23.7 Å². The monoisotopic (exact) mass is 402 g/mol. The Morgan fingerprint density at radius 3 is 2.24 bits per heavy atom. The molecule has 0 aliphatic heterocycles. The van der Waals surface area contributed by atoms with E-state index in [1.807, 2.05) is 0 Å². The third kappa shape index (κ3) is 3.09. The van der Waals surface area contributed by atoms with Gasteiger partial charge in [0.1, 0.15) is 6.10 Å². The highest BCUT2D eigenvalue weighted by atomic mass is 16.6. The van der Waals surface area contributed by atoms with Crippen LogP contribution in [-0.2, 0) is 4.74 Å². The predicted octanol–water partition coefficient (Wildman–Crippen LogP) is 4.76. The molecule has 1 aromatic carbocycles. The average molecular weight is 402 g/mol. The van der Waals surface area contributed by atoms with Gasteiger partial charge in [-0.2, -0.15) is 0 Å². The summed E-state index contributed by atoms with van der Waals surface area (Å²) in [5.41, 5.74) is -1.03. The van der Waals surface area contributed by atoms with Gasteiger partial charge in [0.15, 0.2) is 0 Å². The molecule has 0 radical (unpaired) electrons. The van der Waals surface area contributed by atoms with Gasteiger partial charge in [-0.15, -0.1) is 0 Å². The topological polar surface area (TPSA) is 113 Å². The smallest absolute Gasteiger partial charge is 0.338 e. The zero-order valence-corrected chi connectivity index (χ0v) is 16.9. The maximum atomic E-state index is 12.8. The summed E-state index contributed by atoms with van der Waals surface area (Å²) in [5.74, 6) is 2.11. The molecule has 1 aromatic rings. The number of carbonyl (C=O) groups is 1. The van der Waals surface area contributed by atoms with Crippen molar-refractivity contribution in [2.45, 2.75) is 52.6 Å². The molecule has 6 atom stereocenters. The lowest BCUT2D eigenvalue weighted by molar-refractivity contribution is -0.394. The van der Waals surface area contributed by atoms with Crippen molar-refractivity contribution >= 4 is 17.3 Å². The van der Waals surface area contributed by atoms with Crippen molar-refractivity contribution in [1.29, 1.82) is 0 Å². The number of esters is 1. The van der Waals surface area contributed by atoms with Gasteiger partial charge in [0.25, 0.3) is 11.4 Å². The van der Waals surface area contributed by atoms with Gasteiger partial charge in [-0.25, -0.2) is 4.79 Å². The molecule has 4 rings (SSSR count). The lowest BCUT2D eigenvalue weighted by atomic mass is 9.37. The zero-order valence-electron chi connectivity index (χ0n) is 16.9. The highest BCUT2D eigenvalue weighted by molar-refractivity contribution is 5.91. The van der Waals surface area contributed by atoms with Gasteiger partial charge in [0.2, 0.25) is 0 Å². The van der Waals surface area contributed by atoms with Crippen LogP contribution in [-0.4, -0.2) is 21.9 Å². The molecule has 0 N–H and O–H groups in total. The molecule has 0 aromatic heterocycles. The number of carbonyl (C=O) groups excluding carboxylic acids is 1. The van der Waals surface area contributed by atoms with Crippen LogP contribution in [0.3, 0.4) is 0 Å². The molecule has 3 aliphatic carbocycles. The van der Waals surface area contributed by atoms with Gasteiger partial charge in [-0.05, 0) is 48.3 Å². The second kappa shape index (κ2) is 6.78. The summed E-state index contributed by atoms with van der Waals surface area (Å²) in [4.78, 5) is 33.5. The van der Waals surface area contributed by atoms with Gasteiger partial charge in [-0.1, -0.05) is 27.2 Å². The maximum Gasteiger partial charge on any atom is 0.338 e. The molecule has 3 aliphatic rings. The van der Waals surface area contributed by atoms with Crippen LogP contribution < -0.4 is 0 Å². The molecular formula is C21H26N2O6. The minimum Gasteiger partial charge on any atom is -0.458 e. The first-order valence-corrected chi connectivity index (χ1v) is 10.3. The molecule has 0 heterocycles. The van der Waals surface area contributed by atoms with Crippen molar-refractivity contribution in [2.75, 3.05) is 0 Å². The number of hydrogen-bond acceptors (Lipinski definition) is 6. The second-order valence-corrected chi connectivity index (χ2v) is 9.52. The molecular weight excluding hydrogens is 376 g/mol. The van der Waals surface area contributed by atoms with Gasteiger partial charge < -0.3 is 4.74 Å². The first kappa shape index (κ1) is 19.8. The van der Waals surface area contributed by atoms with E-state index in [1.165, 1.54) is 12.8 Å². The summed E-state index contributed by atoms with van der Waals surface area (Å²) in [6, 6.07) is 2.96. The van der Waals surface area contributed by atoms with Crippen molar-refractivity contribution < 1.29 is 19.4 Å². The first-order valence-electron chi connectivity index (χ1n) is 10.3. The number of nitro benzene ring substituents is 2. The summed E-state index contributed by atoms with van der Waals surface area (Å²) in [6.45, 7) is 6.81. The molecule has 6 unspecified atom stereocenters. The predicted molar refractivity (Wildman–Crippen MR) is 104 cm³/mol. The fraction of sp³-hybridized carbons (Fsp3) is 0.667. The fourth-order valence-electron chi connectivity index (χ4n) is 6.54. The number of ether oxygens (including phenoxy) is 1. The molecule has 156 valence electrons. The van der Waals surface area contributed by atoms with Gasteiger partial charge in [0.05, 0.1) is 21.5 Å². The van der Waals surface area contributed by atoms with E-state index in [0.717, 1.165) is 31.0 Å². The second-order valence-electron chi connectivity index (χ2n) is 9.52. The normalized spacial score (nSPS) is 34.4. The van der Waals surface area contributed by atoms with Crippen LogP contribution in [0.15, 0.2) is 18.2 Å². The van der Waals surface area contributed by atoms with Crippen LogP contribution in [0.1, 0.15) is 56.8 Å². The molecule has 3 fully saturated rings. The van der Waals surface area contributed by atoms with E-state index >= 15 is 0 Å². The Labute approximate surface area is 168 Å². The zero-order chi connectivity index (χ0) is 21.1. The van der Waals surface area contributed by atoms with Gasteiger partial charge >= 0.3 is 5.97 Å². The fourth-order valence-corrected chi connectivity index (χ4v) is 6.54. The molecule has 8 nitrogen and oxygen atoms in total. The van der Waals surface area contributed by atoms with Crippen molar-refractivity contribution in [2.24, 2.45) is 35.0 Å². The molecule has 3 saturated carbocycles. The highest BCUT2D eigenvalue weighted by Gasteiger charge is 2.65. The van der Waals surface area contributed by atoms with Crippen LogP contribution in [0, 0.1) is 55.2 Å². The Hall–Kier alpha value is -2.51. The molecule has 0 spiro atoms. The van der Waals surface area contributed by atoms with Crippen LogP contribution in [0.2, 0.25) is 0 Å². The Kier molecular flexibility index (Phi) is 4.63. The van der Waals surface area contributed by atoms with E-state index < -0.39 is 27.2 Å². The van der Waals surface area contributed by atoms with Gasteiger partial charge in [0, 0.05) is 18.1 Å². The lowest BCUT2D eigenvalue weighted by Gasteiger charge is -2.68. The standard InChI is InChI=1S/C21H26N2O6/c1-11-4-6-16-18-15(11)5-7-17(19(18)21(16,2)3)29-20(24)12-8-13(22(25)26)10-14(9-12)23(27)28/h8-11,15-19H,4-7H2,1-3H3. The number of hydrogen-bond donors (Lipinski definition) is 0. The van der Waals surface area contributed by atoms with Crippen LogP contribution in [0.5, 0.6) is 0 Å². The van der Waals surface area contributed by atoms with Crippen molar-refractivity contribution in [3.8, 4) is 0 Å². The number of benzene rings is 1. The van der Waals surface area contributed by atoms with Crippen molar-refractivity contribution in [3.63, 3.8) is 0 Å². The van der Waals surface area contributed by atoms with Crippen LogP contribution in [0.4, 0.5) is 11.4 Å². The van der Waals surface area contributed by atoms with Crippen molar-refractivity contribution in [1.82, 2.24) is 0 Å². The average Bonchev–Trinajstić information content (AvgIpc) is 2.67. The van der Waals surface area contributed by atoms with E-state index in [9.17, 15) is 25.0 Å². The van der Waals surface area contributed by atoms with Gasteiger partial charge in [-0.3, -0.25) is 20.2 Å². The highest BCUT2D eigenvalue weighted by Crippen LogP contribution is 2.68. The third-order valence-corrected chi connectivity index (χ3v) is 7.86. The Morgan fingerprint density at radius 2 is 1.66 bits per heavy atom. The quantitative estimate of drug-likeness (QED) is 0.408. The molecule has 29 heavy (non-hydrogen) atoms. The number of nitrogens with zero attached hydrogens (tertiary/aromatic N) is 2. The van der Waals surface area contributed by atoms with Crippen LogP contribution >= 0.6 is 0 Å². The minimum atomic E-state index is -0.738. The SMILES string of the molecule is CC1CCC2C3C1CCC(OC(=O)c1cc([N+](=O)[O-])cc([N+](=O)[O-])c1)C3C2(C)C. The van der Waals surface area contributed by atoms with E-state index in [2.05, 4.69) is 20.8 Å². The summed E-state index contributed by atoms with van der Waals surface area (Å²) < 4.78 is 5.83. The molecule has 0 amide bonds. The van der Waals surface area contributed by atoms with E-state index in [4.69, 9.17) is 4.74 Å². The largest absolute Gasteiger partial charge is 0.458 e. The Balaban J connectivity index is 1.58. The van der Waals surface area contributed by atoms with Crippen molar-refractivity contribution in [3.05, 3.63) is 44.0 Å². The number of non-ortho nitro benzene ring substituents is 2. The maximum absolute atomic E-state index is 12.8. The summed E-state index contributed by atoms with van der Waals surface area (Å²) in [6.07, 6.45) is 4.00. The van der Waals surface area contributed by atoms with Crippen LogP contribution in [0.25, 0.3) is 0 Å². The molecule has 8 heteroatoms. The van der Waals surface area contributed by atoms with E-state index in [1.54, 1.807) is 0 Å².